The molecule has 0 saturated carbocycles. The number of aryl methyl sites for hydroxylation is 1. The number of methoxy groups -OCH3 is 1. The van der Waals surface area contributed by atoms with E-state index in [0.717, 1.165) is 11.3 Å². The van der Waals surface area contributed by atoms with Gasteiger partial charge in [-0.05, 0) is 30.7 Å². The number of hydrogen-bond donors (Lipinski definition) is 0. The third kappa shape index (κ3) is 3.92. The lowest BCUT2D eigenvalue weighted by molar-refractivity contribution is 0.0597. The number of piperazine rings is 1. The van der Waals surface area contributed by atoms with Crippen LogP contribution < -0.4 is 4.74 Å². The van der Waals surface area contributed by atoms with Crippen molar-refractivity contribution >= 4 is 11.7 Å². The Bertz CT molecular complexity index is 903. The van der Waals surface area contributed by atoms with Crippen LogP contribution in [0.2, 0.25) is 0 Å². The van der Waals surface area contributed by atoms with Gasteiger partial charge in [0.1, 0.15) is 17.5 Å². The Morgan fingerprint density at radius 1 is 1.14 bits per heavy atom. The summed E-state index contributed by atoms with van der Waals surface area (Å²) < 4.78 is 6.87. The third-order valence-electron chi connectivity index (χ3n) is 5.15. The molecular formula is C21H24N4O3. The van der Waals surface area contributed by atoms with Gasteiger partial charge in [-0.2, -0.15) is 5.26 Å². The zero-order valence-corrected chi connectivity index (χ0v) is 16.4. The van der Waals surface area contributed by atoms with Crippen LogP contribution in [0, 0.1) is 11.3 Å². The maximum Gasteiger partial charge on any atom is 0.270 e. The fourth-order valence-corrected chi connectivity index (χ4v) is 3.47. The van der Waals surface area contributed by atoms with E-state index in [-0.39, 0.29) is 17.7 Å². The van der Waals surface area contributed by atoms with E-state index < -0.39 is 0 Å². The summed E-state index contributed by atoms with van der Waals surface area (Å²) in [7, 11) is 3.38. The van der Waals surface area contributed by atoms with Gasteiger partial charge in [-0.25, -0.2) is 0 Å². The van der Waals surface area contributed by atoms with Crippen LogP contribution in [0.4, 0.5) is 0 Å². The molecule has 0 aliphatic carbocycles. The standard InChI is InChI=1S/C21H24N4O3/c1-15(26)17-12-19(23(2)14-17)21(27)25-10-8-24(9-11-25)20(13-22)16-4-6-18(28-3)7-5-16/h4-7,12,14,20H,8-11H2,1-3H3. The molecule has 2 heterocycles. The number of amides is 1. The van der Waals surface area contributed by atoms with E-state index in [1.807, 2.05) is 24.3 Å². The molecule has 0 N–H and O–H groups in total. The van der Waals surface area contributed by atoms with E-state index in [1.54, 1.807) is 35.9 Å². The van der Waals surface area contributed by atoms with E-state index in [0.29, 0.717) is 37.4 Å². The number of aromatic nitrogens is 1. The van der Waals surface area contributed by atoms with Crippen LogP contribution in [0.1, 0.15) is 39.4 Å². The van der Waals surface area contributed by atoms with Crippen LogP contribution in [-0.4, -0.2) is 59.3 Å². The first-order valence-electron chi connectivity index (χ1n) is 9.18. The monoisotopic (exact) mass is 380 g/mol. The Balaban J connectivity index is 1.66. The molecule has 146 valence electrons. The van der Waals surface area contributed by atoms with Crippen molar-refractivity contribution in [3.05, 3.63) is 53.3 Å². The molecule has 0 radical (unpaired) electrons. The van der Waals surface area contributed by atoms with E-state index >= 15 is 0 Å². The fourth-order valence-electron chi connectivity index (χ4n) is 3.47. The van der Waals surface area contributed by atoms with E-state index in [9.17, 15) is 14.9 Å². The van der Waals surface area contributed by atoms with Crippen molar-refractivity contribution in [3.8, 4) is 11.8 Å². The number of ether oxygens (including phenoxy) is 1. The molecular weight excluding hydrogens is 356 g/mol. The third-order valence-corrected chi connectivity index (χ3v) is 5.15. The highest BCUT2D eigenvalue weighted by Crippen LogP contribution is 2.24. The van der Waals surface area contributed by atoms with Crippen molar-refractivity contribution in [1.82, 2.24) is 14.4 Å². The number of ketones is 1. The summed E-state index contributed by atoms with van der Waals surface area (Å²) in [6.45, 7) is 3.78. The lowest BCUT2D eigenvalue weighted by Crippen LogP contribution is -2.49. The summed E-state index contributed by atoms with van der Waals surface area (Å²) in [6, 6.07) is 11.2. The molecule has 1 amide bonds. The first-order chi connectivity index (χ1) is 13.4. The molecule has 2 aromatic rings. The van der Waals surface area contributed by atoms with Crippen LogP contribution in [-0.2, 0) is 7.05 Å². The van der Waals surface area contributed by atoms with E-state index in [1.165, 1.54) is 6.92 Å². The Labute approximate surface area is 164 Å². The van der Waals surface area contributed by atoms with Crippen molar-refractivity contribution < 1.29 is 14.3 Å². The van der Waals surface area contributed by atoms with Crippen molar-refractivity contribution in [2.75, 3.05) is 33.3 Å². The van der Waals surface area contributed by atoms with Crippen molar-refractivity contribution in [1.29, 1.82) is 5.26 Å². The van der Waals surface area contributed by atoms with Gasteiger partial charge in [0.25, 0.3) is 5.91 Å². The number of nitrogens with zero attached hydrogens (tertiary/aromatic N) is 4. The molecule has 7 nitrogen and oxygen atoms in total. The molecule has 0 spiro atoms. The summed E-state index contributed by atoms with van der Waals surface area (Å²) in [5.74, 6) is 0.604. The summed E-state index contributed by atoms with van der Waals surface area (Å²) in [5, 5.41) is 9.66. The molecule has 1 unspecified atom stereocenters. The van der Waals surface area contributed by atoms with Gasteiger partial charge in [-0.15, -0.1) is 0 Å². The molecule has 1 aromatic heterocycles. The Morgan fingerprint density at radius 3 is 2.29 bits per heavy atom. The molecule has 1 aromatic carbocycles. The Morgan fingerprint density at radius 2 is 1.79 bits per heavy atom. The van der Waals surface area contributed by atoms with Gasteiger partial charge in [0, 0.05) is 45.0 Å². The zero-order valence-electron chi connectivity index (χ0n) is 16.4. The van der Waals surface area contributed by atoms with Crippen molar-refractivity contribution in [2.45, 2.75) is 13.0 Å². The predicted molar refractivity (Wildman–Crippen MR) is 104 cm³/mol. The molecule has 28 heavy (non-hydrogen) atoms. The highest BCUT2D eigenvalue weighted by atomic mass is 16.5. The molecule has 1 aliphatic rings. The number of Topliss-reactive ketones (excluding diaryl/α,β-unsaturated/α-hetero) is 1. The number of nitriles is 1. The maximum absolute atomic E-state index is 12.8. The zero-order chi connectivity index (χ0) is 20.3. The second-order valence-electron chi connectivity index (χ2n) is 6.91. The highest BCUT2D eigenvalue weighted by molar-refractivity contribution is 5.99. The molecule has 1 fully saturated rings. The predicted octanol–water partition coefficient (Wildman–Crippen LogP) is 2.26. The molecule has 1 aliphatic heterocycles. The fraction of sp³-hybridized carbons (Fsp3) is 0.381. The molecule has 1 atom stereocenters. The van der Waals surface area contributed by atoms with Crippen LogP contribution >= 0.6 is 0 Å². The molecule has 1 saturated heterocycles. The van der Waals surface area contributed by atoms with Crippen molar-refractivity contribution in [3.63, 3.8) is 0 Å². The van der Waals surface area contributed by atoms with Crippen LogP contribution in [0.15, 0.2) is 36.5 Å². The summed E-state index contributed by atoms with van der Waals surface area (Å²) in [6.07, 6.45) is 1.68. The van der Waals surface area contributed by atoms with Crippen LogP contribution in [0.25, 0.3) is 0 Å². The Hall–Kier alpha value is -3.11. The number of carbonyl (C=O) groups is 2. The summed E-state index contributed by atoms with van der Waals surface area (Å²) in [4.78, 5) is 28.2. The van der Waals surface area contributed by atoms with Gasteiger partial charge in [0.2, 0.25) is 0 Å². The molecule has 3 rings (SSSR count). The smallest absolute Gasteiger partial charge is 0.270 e. The quantitative estimate of drug-likeness (QED) is 0.744. The minimum atomic E-state index is -0.359. The van der Waals surface area contributed by atoms with Gasteiger partial charge in [0.05, 0.1) is 13.2 Å². The number of benzene rings is 1. The van der Waals surface area contributed by atoms with Gasteiger partial charge >= 0.3 is 0 Å². The molecule has 0 bridgehead atoms. The topological polar surface area (TPSA) is 78.6 Å². The van der Waals surface area contributed by atoms with Gasteiger partial charge in [0.15, 0.2) is 5.78 Å². The Kier molecular flexibility index (Phi) is 5.81. The minimum absolute atomic E-state index is 0.0594. The van der Waals surface area contributed by atoms with Crippen molar-refractivity contribution in [2.24, 2.45) is 7.05 Å². The second-order valence-corrected chi connectivity index (χ2v) is 6.91. The average Bonchev–Trinajstić information content (AvgIpc) is 3.11. The van der Waals surface area contributed by atoms with Gasteiger partial charge < -0.3 is 14.2 Å². The number of carbonyl (C=O) groups excluding carboxylic acids is 2. The first-order valence-corrected chi connectivity index (χ1v) is 9.18. The second kappa shape index (κ2) is 8.28. The van der Waals surface area contributed by atoms with E-state index in [4.69, 9.17) is 4.74 Å². The summed E-state index contributed by atoms with van der Waals surface area (Å²) in [5.41, 5.74) is 1.95. The maximum atomic E-state index is 12.8. The lowest BCUT2D eigenvalue weighted by atomic mass is 10.1. The minimum Gasteiger partial charge on any atom is -0.497 e. The average molecular weight is 380 g/mol. The number of rotatable bonds is 5. The highest BCUT2D eigenvalue weighted by Gasteiger charge is 2.28. The lowest BCUT2D eigenvalue weighted by Gasteiger charge is -2.37. The van der Waals surface area contributed by atoms with Crippen LogP contribution in [0.5, 0.6) is 5.75 Å². The summed E-state index contributed by atoms with van der Waals surface area (Å²) >= 11 is 0. The van der Waals surface area contributed by atoms with E-state index in [2.05, 4.69) is 11.0 Å². The van der Waals surface area contributed by atoms with Gasteiger partial charge in [-0.3, -0.25) is 14.5 Å². The SMILES string of the molecule is COc1ccc(C(C#N)N2CCN(C(=O)c3cc(C(C)=O)cn3C)CC2)cc1. The molecule has 7 heteroatoms. The first kappa shape index (κ1) is 19.6. The largest absolute Gasteiger partial charge is 0.497 e. The normalized spacial score (nSPS) is 15.7. The van der Waals surface area contributed by atoms with Gasteiger partial charge in [-0.1, -0.05) is 12.1 Å². The van der Waals surface area contributed by atoms with Crippen LogP contribution in [0.3, 0.4) is 0 Å². The number of hydrogen-bond acceptors (Lipinski definition) is 5.